The van der Waals surface area contributed by atoms with Crippen LogP contribution in [0.3, 0.4) is 0 Å². The topological polar surface area (TPSA) is 24.9 Å². The van der Waals surface area contributed by atoms with Gasteiger partial charge in [-0.3, -0.25) is 0 Å². The molecule has 0 unspecified atom stereocenters. The largest absolute Gasteiger partial charge is 0.308 e. The standard InChI is InChI=1S/C13H20N2S/c1-8-12(16-9(2)15-8)7-14-13(10-3-4-10)11-5-6-11/h10-11,13-14H,3-7H2,1-2H3. The molecule has 0 bridgehead atoms. The number of hydrogen-bond donors (Lipinski definition) is 1. The lowest BCUT2D eigenvalue weighted by molar-refractivity contribution is 0.417. The van der Waals surface area contributed by atoms with E-state index in [9.17, 15) is 0 Å². The summed E-state index contributed by atoms with van der Waals surface area (Å²) in [4.78, 5) is 5.92. The molecule has 0 radical (unpaired) electrons. The summed E-state index contributed by atoms with van der Waals surface area (Å²) in [6, 6.07) is 0.807. The van der Waals surface area contributed by atoms with Crippen molar-refractivity contribution in [3.8, 4) is 0 Å². The van der Waals surface area contributed by atoms with Crippen LogP contribution in [0.2, 0.25) is 0 Å². The van der Waals surface area contributed by atoms with Crippen LogP contribution in [0.4, 0.5) is 0 Å². The Morgan fingerprint density at radius 3 is 2.31 bits per heavy atom. The smallest absolute Gasteiger partial charge is 0.0900 e. The van der Waals surface area contributed by atoms with Crippen molar-refractivity contribution in [1.29, 1.82) is 0 Å². The molecular formula is C13H20N2S. The van der Waals surface area contributed by atoms with Crippen LogP contribution in [0, 0.1) is 25.7 Å². The number of nitrogens with zero attached hydrogens (tertiary/aromatic N) is 1. The molecule has 2 aliphatic carbocycles. The van der Waals surface area contributed by atoms with Gasteiger partial charge in [-0.1, -0.05) is 0 Å². The van der Waals surface area contributed by atoms with Gasteiger partial charge < -0.3 is 5.32 Å². The van der Waals surface area contributed by atoms with Crippen LogP contribution in [-0.4, -0.2) is 11.0 Å². The van der Waals surface area contributed by atoms with Crippen LogP contribution in [0.5, 0.6) is 0 Å². The lowest BCUT2D eigenvalue weighted by Gasteiger charge is -2.17. The Kier molecular flexibility index (Phi) is 2.76. The van der Waals surface area contributed by atoms with E-state index < -0.39 is 0 Å². The fourth-order valence-electron chi connectivity index (χ4n) is 2.58. The van der Waals surface area contributed by atoms with E-state index >= 15 is 0 Å². The first-order chi connectivity index (χ1) is 7.74. The molecule has 1 N–H and O–H groups in total. The number of nitrogens with one attached hydrogen (secondary N) is 1. The second-order valence-electron chi connectivity index (χ2n) is 5.32. The summed E-state index contributed by atoms with van der Waals surface area (Å²) in [5.41, 5.74) is 1.22. The molecule has 1 aromatic rings. The second-order valence-corrected chi connectivity index (χ2v) is 6.61. The number of rotatable bonds is 5. The van der Waals surface area contributed by atoms with E-state index in [4.69, 9.17) is 0 Å². The minimum atomic E-state index is 0.807. The van der Waals surface area contributed by atoms with Crippen molar-refractivity contribution in [3.63, 3.8) is 0 Å². The van der Waals surface area contributed by atoms with Gasteiger partial charge in [0.1, 0.15) is 0 Å². The lowest BCUT2D eigenvalue weighted by Crippen LogP contribution is -2.32. The second kappa shape index (κ2) is 4.11. The Hall–Kier alpha value is -0.410. The first kappa shape index (κ1) is 10.7. The molecule has 2 fully saturated rings. The van der Waals surface area contributed by atoms with E-state index in [0.29, 0.717) is 0 Å². The van der Waals surface area contributed by atoms with Gasteiger partial charge in [0, 0.05) is 17.5 Å². The van der Waals surface area contributed by atoms with E-state index in [1.54, 1.807) is 0 Å². The van der Waals surface area contributed by atoms with Crippen molar-refractivity contribution in [3.05, 3.63) is 15.6 Å². The number of hydrogen-bond acceptors (Lipinski definition) is 3. The fourth-order valence-corrected chi connectivity index (χ4v) is 3.46. The zero-order valence-electron chi connectivity index (χ0n) is 10.1. The van der Waals surface area contributed by atoms with E-state index in [1.807, 2.05) is 11.3 Å². The Morgan fingerprint density at radius 1 is 1.25 bits per heavy atom. The fraction of sp³-hybridized carbons (Fsp3) is 0.769. The quantitative estimate of drug-likeness (QED) is 0.850. The van der Waals surface area contributed by atoms with Gasteiger partial charge in [-0.15, -0.1) is 11.3 Å². The average Bonchev–Trinajstić information content (AvgIpc) is 3.11. The van der Waals surface area contributed by atoms with E-state index in [2.05, 4.69) is 24.1 Å². The molecule has 0 saturated heterocycles. The van der Waals surface area contributed by atoms with Crippen LogP contribution in [-0.2, 0) is 6.54 Å². The van der Waals surface area contributed by atoms with Crippen molar-refractivity contribution in [2.75, 3.05) is 0 Å². The van der Waals surface area contributed by atoms with Gasteiger partial charge in [-0.25, -0.2) is 4.98 Å². The minimum absolute atomic E-state index is 0.807. The minimum Gasteiger partial charge on any atom is -0.308 e. The highest BCUT2D eigenvalue weighted by molar-refractivity contribution is 7.11. The number of aryl methyl sites for hydroxylation is 2. The summed E-state index contributed by atoms with van der Waals surface area (Å²) >= 11 is 1.85. The first-order valence-electron chi connectivity index (χ1n) is 6.40. The molecule has 3 rings (SSSR count). The number of thiazole rings is 1. The van der Waals surface area contributed by atoms with Gasteiger partial charge in [-0.05, 0) is 51.4 Å². The molecule has 1 heterocycles. The highest BCUT2D eigenvalue weighted by Crippen LogP contribution is 2.44. The van der Waals surface area contributed by atoms with Crippen molar-refractivity contribution >= 4 is 11.3 Å². The van der Waals surface area contributed by atoms with Crippen LogP contribution in [0.15, 0.2) is 0 Å². The van der Waals surface area contributed by atoms with Crippen molar-refractivity contribution < 1.29 is 0 Å². The maximum Gasteiger partial charge on any atom is 0.0900 e. The highest BCUT2D eigenvalue weighted by Gasteiger charge is 2.41. The first-order valence-corrected chi connectivity index (χ1v) is 7.22. The normalized spacial score (nSPS) is 20.7. The van der Waals surface area contributed by atoms with Crippen LogP contribution >= 0.6 is 11.3 Å². The van der Waals surface area contributed by atoms with Crippen LogP contribution in [0.1, 0.15) is 41.3 Å². The van der Waals surface area contributed by atoms with Gasteiger partial charge >= 0.3 is 0 Å². The summed E-state index contributed by atoms with van der Waals surface area (Å²) in [5, 5.41) is 4.98. The highest BCUT2D eigenvalue weighted by atomic mass is 32.1. The van der Waals surface area contributed by atoms with E-state index in [0.717, 1.165) is 24.4 Å². The molecule has 0 spiro atoms. The monoisotopic (exact) mass is 236 g/mol. The van der Waals surface area contributed by atoms with Crippen molar-refractivity contribution in [2.45, 2.75) is 52.1 Å². The predicted molar refractivity (Wildman–Crippen MR) is 67.7 cm³/mol. The molecule has 88 valence electrons. The average molecular weight is 236 g/mol. The van der Waals surface area contributed by atoms with Crippen molar-refractivity contribution in [2.24, 2.45) is 11.8 Å². The summed E-state index contributed by atoms with van der Waals surface area (Å²) in [7, 11) is 0. The molecule has 2 aliphatic rings. The van der Waals surface area contributed by atoms with E-state index in [1.165, 1.54) is 41.3 Å². The Balaban J connectivity index is 1.60. The van der Waals surface area contributed by atoms with Gasteiger partial charge in [0.05, 0.1) is 10.7 Å². The Morgan fingerprint density at radius 2 is 1.88 bits per heavy atom. The van der Waals surface area contributed by atoms with Crippen LogP contribution in [0.25, 0.3) is 0 Å². The zero-order chi connectivity index (χ0) is 11.1. The molecule has 0 amide bonds. The molecule has 1 aromatic heterocycles. The summed E-state index contributed by atoms with van der Waals surface area (Å²) < 4.78 is 0. The molecule has 2 saturated carbocycles. The van der Waals surface area contributed by atoms with E-state index in [-0.39, 0.29) is 0 Å². The number of aromatic nitrogens is 1. The van der Waals surface area contributed by atoms with Gasteiger partial charge in [0.25, 0.3) is 0 Å². The molecule has 0 aromatic carbocycles. The molecule has 0 atom stereocenters. The Labute approximate surface area is 101 Å². The third-order valence-corrected chi connectivity index (χ3v) is 4.83. The molecule has 3 heteroatoms. The third kappa shape index (κ3) is 2.30. The summed E-state index contributed by atoms with van der Waals surface area (Å²) in [6.45, 7) is 5.26. The molecule has 16 heavy (non-hydrogen) atoms. The maximum atomic E-state index is 4.49. The maximum absolute atomic E-state index is 4.49. The molecular weight excluding hydrogens is 216 g/mol. The predicted octanol–water partition coefficient (Wildman–Crippen LogP) is 3.04. The molecule has 2 nitrogen and oxygen atoms in total. The SMILES string of the molecule is Cc1nc(C)c(CNC(C2CC2)C2CC2)s1. The summed E-state index contributed by atoms with van der Waals surface area (Å²) in [6.07, 6.45) is 5.81. The van der Waals surface area contributed by atoms with Gasteiger partial charge in [0.2, 0.25) is 0 Å². The van der Waals surface area contributed by atoms with Gasteiger partial charge in [-0.2, -0.15) is 0 Å². The van der Waals surface area contributed by atoms with Gasteiger partial charge in [0.15, 0.2) is 0 Å². The lowest BCUT2D eigenvalue weighted by atomic mass is 10.1. The zero-order valence-corrected chi connectivity index (χ0v) is 10.9. The molecule has 0 aliphatic heterocycles. The van der Waals surface area contributed by atoms with Crippen LogP contribution < -0.4 is 5.32 Å². The summed E-state index contributed by atoms with van der Waals surface area (Å²) in [5.74, 6) is 1.98. The Bertz CT molecular complexity index is 365. The van der Waals surface area contributed by atoms with Crippen molar-refractivity contribution in [1.82, 2.24) is 10.3 Å². The third-order valence-electron chi connectivity index (χ3n) is 3.76.